The molecule has 3 rings (SSSR count). The molecule has 3 aliphatic rings. The molecule has 3 fully saturated rings. The van der Waals surface area contributed by atoms with Crippen LogP contribution in [0.3, 0.4) is 0 Å². The van der Waals surface area contributed by atoms with Gasteiger partial charge in [0.2, 0.25) is 0 Å². The average Bonchev–Trinajstić information content (AvgIpc) is 2.15. The molecule has 0 aromatic heterocycles. The van der Waals surface area contributed by atoms with Crippen LogP contribution in [0.2, 0.25) is 0 Å². The van der Waals surface area contributed by atoms with E-state index in [1.807, 2.05) is 25.7 Å². The highest BCUT2D eigenvalue weighted by atomic mass is 16.6. The molecular weight excluding hydrogens is 202 g/mol. The molecule has 2 aliphatic heterocycles. The van der Waals surface area contributed by atoms with Gasteiger partial charge in [0.1, 0.15) is 5.60 Å². The maximum absolute atomic E-state index is 12.0. The lowest BCUT2D eigenvalue weighted by Gasteiger charge is -2.48. The summed E-state index contributed by atoms with van der Waals surface area (Å²) in [5, 5.41) is 0. The first kappa shape index (κ1) is 11.7. The zero-order valence-corrected chi connectivity index (χ0v) is 10.8. The van der Waals surface area contributed by atoms with E-state index in [9.17, 15) is 4.79 Å². The Balaban J connectivity index is 1.99. The summed E-state index contributed by atoms with van der Waals surface area (Å²) in [6.07, 6.45) is 3.48. The SMILES string of the molecule is C[C@@H]1C[C@H]2CC[C@@H]1CN2C(=O)OC(C)(C)C. The molecule has 2 bridgehead atoms. The first-order chi connectivity index (χ1) is 7.37. The number of hydrogen-bond acceptors (Lipinski definition) is 2. The van der Waals surface area contributed by atoms with E-state index in [-0.39, 0.29) is 11.7 Å². The highest BCUT2D eigenvalue weighted by Gasteiger charge is 2.41. The molecule has 0 spiro atoms. The van der Waals surface area contributed by atoms with Crippen LogP contribution >= 0.6 is 0 Å². The van der Waals surface area contributed by atoms with Crippen molar-refractivity contribution in [3.8, 4) is 0 Å². The predicted molar refractivity (Wildman–Crippen MR) is 63.2 cm³/mol. The predicted octanol–water partition coefficient (Wildman–Crippen LogP) is 3.04. The lowest BCUT2D eigenvalue weighted by Crippen LogP contribution is -2.54. The molecule has 3 heteroatoms. The largest absolute Gasteiger partial charge is 0.444 e. The molecule has 0 radical (unpaired) electrons. The summed E-state index contributed by atoms with van der Waals surface area (Å²) < 4.78 is 5.45. The van der Waals surface area contributed by atoms with Gasteiger partial charge < -0.3 is 9.64 Å². The fourth-order valence-corrected chi connectivity index (χ4v) is 2.93. The Morgan fingerprint density at radius 3 is 2.44 bits per heavy atom. The Bertz CT molecular complexity index is 282. The molecule has 1 saturated carbocycles. The number of amides is 1. The normalized spacial score (nSPS) is 34.0. The second-order valence-corrected chi connectivity index (χ2v) is 6.34. The minimum atomic E-state index is -0.376. The highest BCUT2D eigenvalue weighted by Crippen LogP contribution is 2.39. The number of hydrogen-bond donors (Lipinski definition) is 0. The van der Waals surface area contributed by atoms with Crippen LogP contribution < -0.4 is 0 Å². The Morgan fingerprint density at radius 1 is 1.31 bits per heavy atom. The number of piperidine rings is 2. The lowest BCUT2D eigenvalue weighted by atomic mass is 9.73. The molecule has 92 valence electrons. The number of ether oxygens (including phenoxy) is 1. The van der Waals surface area contributed by atoms with Crippen molar-refractivity contribution in [3.63, 3.8) is 0 Å². The van der Waals surface area contributed by atoms with Crippen molar-refractivity contribution in [2.75, 3.05) is 6.54 Å². The number of nitrogens with zero attached hydrogens (tertiary/aromatic N) is 1. The second-order valence-electron chi connectivity index (χ2n) is 6.34. The van der Waals surface area contributed by atoms with Crippen molar-refractivity contribution in [1.29, 1.82) is 0 Å². The summed E-state index contributed by atoms with van der Waals surface area (Å²) >= 11 is 0. The summed E-state index contributed by atoms with van der Waals surface area (Å²) in [5.74, 6) is 1.47. The van der Waals surface area contributed by atoms with Crippen LogP contribution in [0.15, 0.2) is 0 Å². The maximum Gasteiger partial charge on any atom is 0.410 e. The van der Waals surface area contributed by atoms with Gasteiger partial charge in [0, 0.05) is 12.6 Å². The molecule has 0 unspecified atom stereocenters. The minimum Gasteiger partial charge on any atom is -0.444 e. The van der Waals surface area contributed by atoms with Gasteiger partial charge in [-0.1, -0.05) is 6.92 Å². The van der Waals surface area contributed by atoms with Gasteiger partial charge in [-0.3, -0.25) is 0 Å². The standard InChI is InChI=1S/C13H23NO2/c1-9-7-11-6-5-10(9)8-14(11)12(15)16-13(2,3)4/h9-11H,5-8H2,1-4H3/t9-,10-,11-/m1/s1. The number of rotatable bonds is 0. The van der Waals surface area contributed by atoms with Crippen molar-refractivity contribution in [1.82, 2.24) is 4.90 Å². The summed E-state index contributed by atoms with van der Waals surface area (Å²) in [6.45, 7) is 8.99. The van der Waals surface area contributed by atoms with Crippen LogP contribution in [0.4, 0.5) is 4.79 Å². The zero-order chi connectivity index (χ0) is 11.9. The van der Waals surface area contributed by atoms with Crippen LogP contribution in [0.1, 0.15) is 47.0 Å². The van der Waals surface area contributed by atoms with Crippen molar-refractivity contribution >= 4 is 6.09 Å². The van der Waals surface area contributed by atoms with E-state index in [1.165, 1.54) is 6.42 Å². The van der Waals surface area contributed by atoms with E-state index in [2.05, 4.69) is 6.92 Å². The summed E-state index contributed by atoms with van der Waals surface area (Å²) in [4.78, 5) is 14.0. The molecule has 16 heavy (non-hydrogen) atoms. The number of carbonyl (C=O) groups is 1. The minimum absolute atomic E-state index is 0.117. The third kappa shape index (κ3) is 2.33. The van der Waals surface area contributed by atoms with Gasteiger partial charge in [-0.2, -0.15) is 0 Å². The van der Waals surface area contributed by atoms with Crippen LogP contribution in [-0.4, -0.2) is 29.2 Å². The van der Waals surface area contributed by atoms with E-state index in [0.717, 1.165) is 25.3 Å². The van der Waals surface area contributed by atoms with Gasteiger partial charge in [-0.05, 0) is 51.9 Å². The molecule has 1 amide bonds. The van der Waals surface area contributed by atoms with Crippen LogP contribution in [0, 0.1) is 11.8 Å². The summed E-state index contributed by atoms with van der Waals surface area (Å²) in [7, 11) is 0. The molecule has 0 aromatic carbocycles. The zero-order valence-electron chi connectivity index (χ0n) is 10.8. The van der Waals surface area contributed by atoms with Gasteiger partial charge in [-0.25, -0.2) is 4.79 Å². The van der Waals surface area contributed by atoms with Gasteiger partial charge in [0.05, 0.1) is 0 Å². The van der Waals surface area contributed by atoms with Crippen molar-refractivity contribution in [2.24, 2.45) is 11.8 Å². The van der Waals surface area contributed by atoms with Gasteiger partial charge >= 0.3 is 6.09 Å². The van der Waals surface area contributed by atoms with Crippen LogP contribution in [0.5, 0.6) is 0 Å². The second kappa shape index (κ2) is 3.94. The monoisotopic (exact) mass is 225 g/mol. The molecule has 2 heterocycles. The van der Waals surface area contributed by atoms with E-state index in [1.54, 1.807) is 0 Å². The van der Waals surface area contributed by atoms with Crippen LogP contribution in [-0.2, 0) is 4.74 Å². The highest BCUT2D eigenvalue weighted by molar-refractivity contribution is 5.69. The Labute approximate surface area is 98.1 Å². The topological polar surface area (TPSA) is 29.5 Å². The van der Waals surface area contributed by atoms with E-state index >= 15 is 0 Å². The lowest BCUT2D eigenvalue weighted by molar-refractivity contribution is -0.0259. The molecular formula is C13H23NO2. The first-order valence-electron chi connectivity index (χ1n) is 6.36. The van der Waals surface area contributed by atoms with Crippen LogP contribution in [0.25, 0.3) is 0 Å². The molecule has 0 aromatic rings. The molecule has 1 aliphatic carbocycles. The molecule has 3 atom stereocenters. The van der Waals surface area contributed by atoms with E-state index < -0.39 is 0 Å². The quantitative estimate of drug-likeness (QED) is 0.634. The third-order valence-corrected chi connectivity index (χ3v) is 3.82. The van der Waals surface area contributed by atoms with Gasteiger partial charge in [0.25, 0.3) is 0 Å². The van der Waals surface area contributed by atoms with E-state index in [4.69, 9.17) is 4.74 Å². The molecule has 2 saturated heterocycles. The van der Waals surface area contributed by atoms with Crippen molar-refractivity contribution < 1.29 is 9.53 Å². The van der Waals surface area contributed by atoms with E-state index in [0.29, 0.717) is 12.0 Å². The fourth-order valence-electron chi connectivity index (χ4n) is 2.93. The Hall–Kier alpha value is -0.730. The molecule has 3 nitrogen and oxygen atoms in total. The van der Waals surface area contributed by atoms with Crippen molar-refractivity contribution in [3.05, 3.63) is 0 Å². The number of carbonyl (C=O) groups excluding carboxylic acids is 1. The van der Waals surface area contributed by atoms with Gasteiger partial charge in [-0.15, -0.1) is 0 Å². The average molecular weight is 225 g/mol. The first-order valence-corrected chi connectivity index (χ1v) is 6.36. The van der Waals surface area contributed by atoms with Crippen molar-refractivity contribution in [2.45, 2.75) is 58.6 Å². The summed E-state index contributed by atoms with van der Waals surface area (Å²) in [5.41, 5.74) is -0.376. The maximum atomic E-state index is 12.0. The smallest absolute Gasteiger partial charge is 0.410 e. The summed E-state index contributed by atoms with van der Waals surface area (Å²) in [6, 6.07) is 0.426. The molecule has 0 N–H and O–H groups in total. The Morgan fingerprint density at radius 2 is 2.00 bits per heavy atom. The van der Waals surface area contributed by atoms with Gasteiger partial charge in [0.15, 0.2) is 0 Å². The third-order valence-electron chi connectivity index (χ3n) is 3.82. The fraction of sp³-hybridized carbons (Fsp3) is 0.923. The number of fused-ring (bicyclic) bond motifs is 3. The Kier molecular flexibility index (Phi) is 2.89.